The van der Waals surface area contributed by atoms with Gasteiger partial charge < -0.3 is 18.9 Å². The third-order valence-corrected chi connectivity index (χ3v) is 3.33. The Hall–Kier alpha value is -2.50. The van der Waals surface area contributed by atoms with Crippen molar-refractivity contribution in [3.63, 3.8) is 0 Å². The fraction of sp³-hybridized carbons (Fsp3) is 0.375. The summed E-state index contributed by atoms with van der Waals surface area (Å²) >= 11 is 0. The van der Waals surface area contributed by atoms with E-state index in [0.29, 0.717) is 18.0 Å². The Balaban J connectivity index is 2.07. The van der Waals surface area contributed by atoms with E-state index in [0.717, 1.165) is 17.0 Å². The van der Waals surface area contributed by atoms with E-state index in [2.05, 4.69) is 5.16 Å². The molecule has 22 heavy (non-hydrogen) atoms. The first-order valence-electron chi connectivity index (χ1n) is 6.90. The van der Waals surface area contributed by atoms with E-state index >= 15 is 0 Å². The molecule has 2 rings (SSSR count). The molecule has 1 heterocycles. The number of benzene rings is 1. The van der Waals surface area contributed by atoms with E-state index in [1.54, 1.807) is 38.3 Å². The maximum atomic E-state index is 12.4. The minimum Gasteiger partial charge on any atom is -0.497 e. The zero-order valence-electron chi connectivity index (χ0n) is 13.3. The number of aromatic nitrogens is 1. The average Bonchev–Trinajstić information content (AvgIpc) is 2.92. The topological polar surface area (TPSA) is 64.8 Å². The van der Waals surface area contributed by atoms with Gasteiger partial charge in [-0.2, -0.15) is 0 Å². The van der Waals surface area contributed by atoms with E-state index in [1.807, 2.05) is 19.1 Å². The van der Waals surface area contributed by atoms with Gasteiger partial charge in [0.25, 0.3) is 0 Å². The van der Waals surface area contributed by atoms with Crippen molar-refractivity contribution in [2.45, 2.75) is 19.9 Å². The van der Waals surface area contributed by atoms with Gasteiger partial charge in [0, 0.05) is 18.7 Å². The largest absolute Gasteiger partial charge is 0.497 e. The van der Waals surface area contributed by atoms with Gasteiger partial charge in [0.05, 0.1) is 27.2 Å². The van der Waals surface area contributed by atoms with E-state index in [1.165, 1.54) is 0 Å². The molecule has 0 fully saturated rings. The van der Waals surface area contributed by atoms with Gasteiger partial charge in [0.1, 0.15) is 23.0 Å². The summed E-state index contributed by atoms with van der Waals surface area (Å²) in [4.78, 5) is 14.0. The third kappa shape index (κ3) is 3.78. The Morgan fingerprint density at radius 1 is 1.27 bits per heavy atom. The number of methoxy groups -OCH3 is 2. The highest BCUT2D eigenvalue weighted by Gasteiger charge is 2.15. The van der Waals surface area contributed by atoms with Crippen LogP contribution in [-0.4, -0.2) is 37.2 Å². The summed E-state index contributed by atoms with van der Waals surface area (Å²) in [6, 6.07) is 7.22. The zero-order chi connectivity index (χ0) is 16.1. The Morgan fingerprint density at radius 3 is 2.64 bits per heavy atom. The van der Waals surface area contributed by atoms with E-state index < -0.39 is 0 Å². The highest BCUT2D eigenvalue weighted by Crippen LogP contribution is 2.24. The fourth-order valence-corrected chi connectivity index (χ4v) is 2.14. The van der Waals surface area contributed by atoms with Gasteiger partial charge in [-0.05, 0) is 25.1 Å². The molecule has 6 nitrogen and oxygen atoms in total. The monoisotopic (exact) mass is 304 g/mol. The van der Waals surface area contributed by atoms with Crippen LogP contribution in [-0.2, 0) is 17.8 Å². The second kappa shape index (κ2) is 6.98. The van der Waals surface area contributed by atoms with Crippen molar-refractivity contribution >= 4 is 5.91 Å². The van der Waals surface area contributed by atoms with Gasteiger partial charge in [0.2, 0.25) is 5.91 Å². The van der Waals surface area contributed by atoms with Crippen LogP contribution >= 0.6 is 0 Å². The Bertz CT molecular complexity index is 651. The SMILES string of the molecule is COc1ccc(OC)c(CC(=O)N(C)Cc2cc(C)on2)c1. The molecule has 1 aromatic heterocycles. The summed E-state index contributed by atoms with van der Waals surface area (Å²) in [6.45, 7) is 2.22. The van der Waals surface area contributed by atoms with Crippen LogP contribution in [0, 0.1) is 6.92 Å². The second-order valence-corrected chi connectivity index (χ2v) is 5.03. The average molecular weight is 304 g/mol. The molecular weight excluding hydrogens is 284 g/mol. The van der Waals surface area contributed by atoms with Crippen molar-refractivity contribution in [1.82, 2.24) is 10.1 Å². The standard InChI is InChI=1S/C16H20N2O4/c1-11-7-13(17-22-11)10-18(2)16(19)9-12-8-14(20-3)5-6-15(12)21-4/h5-8H,9-10H2,1-4H3. The lowest BCUT2D eigenvalue weighted by Gasteiger charge is -2.17. The van der Waals surface area contributed by atoms with Crippen LogP contribution in [0.25, 0.3) is 0 Å². The number of aryl methyl sites for hydroxylation is 1. The predicted octanol–water partition coefficient (Wildman–Crippen LogP) is 2.20. The highest BCUT2D eigenvalue weighted by atomic mass is 16.5. The molecule has 0 spiro atoms. The van der Waals surface area contributed by atoms with Crippen LogP contribution in [0.2, 0.25) is 0 Å². The smallest absolute Gasteiger partial charge is 0.227 e. The molecule has 0 saturated heterocycles. The van der Waals surface area contributed by atoms with E-state index in [-0.39, 0.29) is 12.3 Å². The van der Waals surface area contributed by atoms with Crippen LogP contribution in [0.5, 0.6) is 11.5 Å². The summed E-state index contributed by atoms with van der Waals surface area (Å²) in [5.74, 6) is 2.05. The van der Waals surface area contributed by atoms with Gasteiger partial charge in [-0.1, -0.05) is 5.16 Å². The molecule has 118 valence electrons. The van der Waals surface area contributed by atoms with Crippen molar-refractivity contribution in [1.29, 1.82) is 0 Å². The quantitative estimate of drug-likeness (QED) is 0.818. The first-order valence-corrected chi connectivity index (χ1v) is 6.90. The molecule has 0 aliphatic rings. The molecular formula is C16H20N2O4. The first-order chi connectivity index (χ1) is 10.5. The number of nitrogens with zero attached hydrogens (tertiary/aromatic N) is 2. The number of ether oxygens (including phenoxy) is 2. The summed E-state index contributed by atoms with van der Waals surface area (Å²) in [6.07, 6.45) is 0.230. The van der Waals surface area contributed by atoms with Crippen molar-refractivity contribution < 1.29 is 18.8 Å². The van der Waals surface area contributed by atoms with Crippen molar-refractivity contribution in [2.24, 2.45) is 0 Å². The van der Waals surface area contributed by atoms with Gasteiger partial charge >= 0.3 is 0 Å². The van der Waals surface area contributed by atoms with Crippen molar-refractivity contribution in [3.8, 4) is 11.5 Å². The fourth-order valence-electron chi connectivity index (χ4n) is 2.14. The summed E-state index contributed by atoms with van der Waals surface area (Å²) in [5.41, 5.74) is 1.51. The minimum absolute atomic E-state index is 0.0350. The van der Waals surface area contributed by atoms with Gasteiger partial charge in [-0.25, -0.2) is 0 Å². The number of likely N-dealkylation sites (N-methyl/N-ethyl adjacent to an activating group) is 1. The lowest BCUT2D eigenvalue weighted by Crippen LogP contribution is -2.28. The molecule has 0 radical (unpaired) electrons. The third-order valence-electron chi connectivity index (χ3n) is 3.33. The summed E-state index contributed by atoms with van der Waals surface area (Å²) in [5, 5.41) is 3.89. The van der Waals surface area contributed by atoms with Crippen LogP contribution in [0.1, 0.15) is 17.0 Å². The highest BCUT2D eigenvalue weighted by molar-refractivity contribution is 5.79. The normalized spacial score (nSPS) is 10.4. The molecule has 6 heteroatoms. The second-order valence-electron chi connectivity index (χ2n) is 5.03. The predicted molar refractivity (Wildman–Crippen MR) is 81.0 cm³/mol. The first kappa shape index (κ1) is 15.9. The lowest BCUT2D eigenvalue weighted by molar-refractivity contribution is -0.129. The van der Waals surface area contributed by atoms with E-state index in [4.69, 9.17) is 14.0 Å². The molecule has 0 aliphatic carbocycles. The molecule has 0 aliphatic heterocycles. The number of hydrogen-bond donors (Lipinski definition) is 0. The number of carbonyl (C=O) groups is 1. The Labute approximate surface area is 129 Å². The zero-order valence-corrected chi connectivity index (χ0v) is 13.3. The number of carbonyl (C=O) groups excluding carboxylic acids is 1. The molecule has 1 aromatic carbocycles. The van der Waals surface area contributed by atoms with Crippen molar-refractivity contribution in [2.75, 3.05) is 21.3 Å². The Morgan fingerprint density at radius 2 is 2.05 bits per heavy atom. The summed E-state index contributed by atoms with van der Waals surface area (Å²) < 4.78 is 15.5. The Kier molecular flexibility index (Phi) is 5.04. The van der Waals surface area contributed by atoms with Crippen molar-refractivity contribution in [3.05, 3.63) is 41.3 Å². The van der Waals surface area contributed by atoms with Gasteiger partial charge in [-0.3, -0.25) is 4.79 Å². The van der Waals surface area contributed by atoms with Crippen LogP contribution in [0.4, 0.5) is 0 Å². The number of rotatable bonds is 6. The molecule has 0 bridgehead atoms. The van der Waals surface area contributed by atoms with Crippen LogP contribution in [0.15, 0.2) is 28.8 Å². The van der Waals surface area contributed by atoms with Gasteiger partial charge in [-0.15, -0.1) is 0 Å². The van der Waals surface area contributed by atoms with Crippen LogP contribution in [0.3, 0.4) is 0 Å². The molecule has 0 atom stereocenters. The molecule has 0 saturated carbocycles. The molecule has 0 N–H and O–H groups in total. The van der Waals surface area contributed by atoms with Gasteiger partial charge in [0.15, 0.2) is 0 Å². The summed E-state index contributed by atoms with van der Waals surface area (Å²) in [7, 11) is 4.91. The molecule has 2 aromatic rings. The lowest BCUT2D eigenvalue weighted by atomic mass is 10.1. The number of hydrogen-bond acceptors (Lipinski definition) is 5. The number of amides is 1. The van der Waals surface area contributed by atoms with Crippen LogP contribution < -0.4 is 9.47 Å². The molecule has 1 amide bonds. The van der Waals surface area contributed by atoms with E-state index in [9.17, 15) is 4.79 Å². The maximum absolute atomic E-state index is 12.4. The minimum atomic E-state index is -0.0350. The maximum Gasteiger partial charge on any atom is 0.227 e. The molecule has 0 unspecified atom stereocenters.